The van der Waals surface area contributed by atoms with Crippen molar-refractivity contribution in [3.05, 3.63) is 29.8 Å². The van der Waals surface area contributed by atoms with Gasteiger partial charge in [0, 0.05) is 11.6 Å². The summed E-state index contributed by atoms with van der Waals surface area (Å²) in [5, 5.41) is 11.9. The lowest BCUT2D eigenvalue weighted by molar-refractivity contribution is -0.141. The van der Waals surface area contributed by atoms with Crippen molar-refractivity contribution in [2.75, 3.05) is 5.32 Å². The molecule has 1 aliphatic carbocycles. The third-order valence-corrected chi connectivity index (χ3v) is 4.19. The minimum absolute atomic E-state index is 0.0555. The van der Waals surface area contributed by atoms with Gasteiger partial charge >= 0.3 is 5.97 Å². The molecule has 2 atom stereocenters. The zero-order chi connectivity index (χ0) is 15.2. The highest BCUT2D eigenvalue weighted by molar-refractivity contribution is 5.93. The SMILES string of the molecule is CCCCc1ccc(NC(=O)[C@@H]2CC[C@H](C(=O)O)C2)cc1. The van der Waals surface area contributed by atoms with E-state index in [-0.39, 0.29) is 17.7 Å². The van der Waals surface area contributed by atoms with E-state index in [4.69, 9.17) is 5.11 Å². The first-order valence-electron chi connectivity index (χ1n) is 7.72. The molecule has 2 rings (SSSR count). The van der Waals surface area contributed by atoms with Gasteiger partial charge in [0.25, 0.3) is 0 Å². The number of amides is 1. The van der Waals surface area contributed by atoms with E-state index in [1.807, 2.05) is 24.3 Å². The van der Waals surface area contributed by atoms with E-state index < -0.39 is 5.97 Å². The van der Waals surface area contributed by atoms with Crippen LogP contribution in [0.4, 0.5) is 5.69 Å². The van der Waals surface area contributed by atoms with E-state index >= 15 is 0 Å². The third-order valence-electron chi connectivity index (χ3n) is 4.19. The molecular formula is C17H23NO3. The van der Waals surface area contributed by atoms with Crippen molar-refractivity contribution in [2.45, 2.75) is 45.4 Å². The molecule has 1 fully saturated rings. The zero-order valence-corrected chi connectivity index (χ0v) is 12.5. The highest BCUT2D eigenvalue weighted by atomic mass is 16.4. The fraction of sp³-hybridized carbons (Fsp3) is 0.529. The summed E-state index contributed by atoms with van der Waals surface area (Å²) >= 11 is 0. The number of anilines is 1. The normalized spacial score (nSPS) is 21.2. The lowest BCUT2D eigenvalue weighted by Gasteiger charge is -2.11. The number of aryl methyl sites for hydroxylation is 1. The van der Waals surface area contributed by atoms with Gasteiger partial charge in [0.1, 0.15) is 0 Å². The molecule has 114 valence electrons. The van der Waals surface area contributed by atoms with Gasteiger partial charge in [-0.3, -0.25) is 9.59 Å². The molecule has 0 radical (unpaired) electrons. The second kappa shape index (κ2) is 7.25. The Balaban J connectivity index is 1.87. The highest BCUT2D eigenvalue weighted by Crippen LogP contribution is 2.31. The maximum atomic E-state index is 12.1. The smallest absolute Gasteiger partial charge is 0.306 e. The number of hydrogen-bond donors (Lipinski definition) is 2. The summed E-state index contributed by atoms with van der Waals surface area (Å²) in [6.07, 6.45) is 5.12. The first kappa shape index (κ1) is 15.5. The summed E-state index contributed by atoms with van der Waals surface area (Å²) in [5.74, 6) is -1.38. The van der Waals surface area contributed by atoms with E-state index in [1.54, 1.807) is 0 Å². The maximum absolute atomic E-state index is 12.1. The molecule has 0 bridgehead atoms. The first-order chi connectivity index (χ1) is 10.1. The van der Waals surface area contributed by atoms with Crippen LogP contribution in [0.2, 0.25) is 0 Å². The van der Waals surface area contributed by atoms with Crippen molar-refractivity contribution in [1.29, 1.82) is 0 Å². The standard InChI is InChI=1S/C17H23NO3/c1-2-3-4-12-5-9-15(10-6-12)18-16(19)13-7-8-14(11-13)17(20)21/h5-6,9-10,13-14H,2-4,7-8,11H2,1H3,(H,18,19)(H,20,21)/t13-,14+/m1/s1. The van der Waals surface area contributed by atoms with Crippen molar-refractivity contribution < 1.29 is 14.7 Å². The summed E-state index contributed by atoms with van der Waals surface area (Å²) in [6, 6.07) is 7.93. The molecule has 21 heavy (non-hydrogen) atoms. The molecule has 1 aromatic carbocycles. The first-order valence-corrected chi connectivity index (χ1v) is 7.72. The van der Waals surface area contributed by atoms with Gasteiger partial charge < -0.3 is 10.4 Å². The monoisotopic (exact) mass is 289 g/mol. The van der Waals surface area contributed by atoms with Crippen LogP contribution in [-0.4, -0.2) is 17.0 Å². The number of carboxylic acid groups (broad SMARTS) is 1. The molecule has 1 aliphatic rings. The van der Waals surface area contributed by atoms with Crippen LogP contribution in [0.15, 0.2) is 24.3 Å². The van der Waals surface area contributed by atoms with Crippen LogP contribution in [-0.2, 0) is 16.0 Å². The Hall–Kier alpha value is -1.84. The Kier molecular flexibility index (Phi) is 5.37. The number of nitrogens with one attached hydrogen (secondary N) is 1. The molecule has 0 aliphatic heterocycles. The van der Waals surface area contributed by atoms with Crippen molar-refractivity contribution >= 4 is 17.6 Å². The fourth-order valence-electron chi connectivity index (χ4n) is 2.82. The fourth-order valence-corrected chi connectivity index (χ4v) is 2.82. The van der Waals surface area contributed by atoms with Crippen LogP contribution in [0.1, 0.15) is 44.6 Å². The number of hydrogen-bond acceptors (Lipinski definition) is 2. The molecule has 0 saturated heterocycles. The van der Waals surface area contributed by atoms with E-state index in [0.29, 0.717) is 19.3 Å². The van der Waals surface area contributed by atoms with Gasteiger partial charge in [-0.2, -0.15) is 0 Å². The maximum Gasteiger partial charge on any atom is 0.306 e. The molecule has 1 amide bonds. The van der Waals surface area contributed by atoms with Crippen LogP contribution in [0.25, 0.3) is 0 Å². The summed E-state index contributed by atoms with van der Waals surface area (Å²) in [7, 11) is 0. The molecule has 0 unspecified atom stereocenters. The van der Waals surface area contributed by atoms with E-state index in [9.17, 15) is 9.59 Å². The van der Waals surface area contributed by atoms with Crippen LogP contribution < -0.4 is 5.32 Å². The van der Waals surface area contributed by atoms with Crippen LogP contribution in [0, 0.1) is 11.8 Å². The molecule has 4 heteroatoms. The van der Waals surface area contributed by atoms with Crippen molar-refractivity contribution in [3.8, 4) is 0 Å². The van der Waals surface area contributed by atoms with Gasteiger partial charge in [-0.15, -0.1) is 0 Å². The van der Waals surface area contributed by atoms with Crippen LogP contribution >= 0.6 is 0 Å². The second-order valence-corrected chi connectivity index (χ2v) is 5.83. The van der Waals surface area contributed by atoms with Crippen molar-refractivity contribution in [3.63, 3.8) is 0 Å². The number of aliphatic carboxylic acids is 1. The number of carboxylic acids is 1. The summed E-state index contributed by atoms with van der Waals surface area (Å²) in [4.78, 5) is 23.1. The largest absolute Gasteiger partial charge is 0.481 e. The van der Waals surface area contributed by atoms with Gasteiger partial charge in [-0.05, 0) is 49.8 Å². The third kappa shape index (κ3) is 4.31. The molecule has 0 heterocycles. The van der Waals surface area contributed by atoms with Gasteiger partial charge in [0.2, 0.25) is 5.91 Å². The highest BCUT2D eigenvalue weighted by Gasteiger charge is 2.33. The lowest BCUT2D eigenvalue weighted by Crippen LogP contribution is -2.21. The van der Waals surface area contributed by atoms with Gasteiger partial charge in [-0.1, -0.05) is 25.5 Å². The molecule has 2 N–H and O–H groups in total. The summed E-state index contributed by atoms with van der Waals surface area (Å²) in [6.45, 7) is 2.17. The molecule has 0 spiro atoms. The Bertz CT molecular complexity index is 495. The van der Waals surface area contributed by atoms with E-state index in [0.717, 1.165) is 12.1 Å². The predicted octanol–water partition coefficient (Wildman–Crippen LogP) is 3.47. The Morgan fingerprint density at radius 3 is 2.43 bits per heavy atom. The molecule has 1 aromatic rings. The Morgan fingerprint density at radius 1 is 1.19 bits per heavy atom. The van der Waals surface area contributed by atoms with Crippen LogP contribution in [0.3, 0.4) is 0 Å². The van der Waals surface area contributed by atoms with Crippen molar-refractivity contribution in [1.82, 2.24) is 0 Å². The van der Waals surface area contributed by atoms with Gasteiger partial charge in [-0.25, -0.2) is 0 Å². The number of benzene rings is 1. The van der Waals surface area contributed by atoms with Crippen molar-refractivity contribution in [2.24, 2.45) is 11.8 Å². The molecule has 0 aromatic heterocycles. The number of carbonyl (C=O) groups excluding carboxylic acids is 1. The number of carbonyl (C=O) groups is 2. The summed E-state index contributed by atoms with van der Waals surface area (Å²) < 4.78 is 0. The average molecular weight is 289 g/mol. The molecular weight excluding hydrogens is 266 g/mol. The second-order valence-electron chi connectivity index (χ2n) is 5.83. The Labute approximate surface area is 125 Å². The van der Waals surface area contributed by atoms with Gasteiger partial charge in [0.05, 0.1) is 5.92 Å². The van der Waals surface area contributed by atoms with E-state index in [1.165, 1.54) is 18.4 Å². The van der Waals surface area contributed by atoms with Crippen LogP contribution in [0.5, 0.6) is 0 Å². The topological polar surface area (TPSA) is 66.4 Å². The number of rotatable bonds is 6. The summed E-state index contributed by atoms with van der Waals surface area (Å²) in [5.41, 5.74) is 2.07. The predicted molar refractivity (Wildman–Crippen MR) is 82.2 cm³/mol. The lowest BCUT2D eigenvalue weighted by atomic mass is 10.0. The Morgan fingerprint density at radius 2 is 1.86 bits per heavy atom. The zero-order valence-electron chi connectivity index (χ0n) is 12.5. The van der Waals surface area contributed by atoms with Gasteiger partial charge in [0.15, 0.2) is 0 Å². The average Bonchev–Trinajstić information content (AvgIpc) is 2.97. The molecule has 1 saturated carbocycles. The quantitative estimate of drug-likeness (QED) is 0.842. The minimum Gasteiger partial charge on any atom is -0.481 e. The minimum atomic E-state index is -0.787. The molecule has 4 nitrogen and oxygen atoms in total. The number of unbranched alkanes of at least 4 members (excludes halogenated alkanes) is 1. The van der Waals surface area contributed by atoms with E-state index in [2.05, 4.69) is 12.2 Å².